The van der Waals surface area contributed by atoms with Crippen LogP contribution in [0.1, 0.15) is 21.5 Å². The van der Waals surface area contributed by atoms with Crippen molar-refractivity contribution in [3.63, 3.8) is 0 Å². The largest absolute Gasteiger partial charge is 0.496 e. The Kier molecular flexibility index (Phi) is 6.59. The van der Waals surface area contributed by atoms with Crippen LogP contribution in [-0.4, -0.2) is 30.8 Å². The zero-order chi connectivity index (χ0) is 18.1. The van der Waals surface area contributed by atoms with Crippen molar-refractivity contribution in [3.8, 4) is 5.75 Å². The fraction of sp³-hybridized carbons (Fsp3) is 0.158. The molecule has 2 aromatic carbocycles. The Balaban J connectivity index is 1.80. The van der Waals surface area contributed by atoms with E-state index in [2.05, 4.69) is 5.32 Å². The van der Waals surface area contributed by atoms with Gasteiger partial charge in [-0.25, -0.2) is 9.59 Å². The topological polar surface area (TPSA) is 84.9 Å². The lowest BCUT2D eigenvalue weighted by Gasteiger charge is -2.06. The van der Waals surface area contributed by atoms with Crippen LogP contribution in [0.25, 0.3) is 6.08 Å². The summed E-state index contributed by atoms with van der Waals surface area (Å²) in [5.74, 6) is -0.764. The van der Waals surface area contributed by atoms with Gasteiger partial charge in [0.25, 0.3) is 0 Å². The summed E-state index contributed by atoms with van der Waals surface area (Å²) < 4.78 is 10.2. The molecule has 0 aliphatic rings. The number of hydrogen-bond donors (Lipinski definition) is 2. The number of amides is 1. The molecule has 130 valence electrons. The Morgan fingerprint density at radius 1 is 1.16 bits per heavy atom. The second kappa shape index (κ2) is 9.12. The predicted octanol–water partition coefficient (Wildman–Crippen LogP) is 3.33. The Bertz CT molecular complexity index is 756. The van der Waals surface area contributed by atoms with Gasteiger partial charge in [0.1, 0.15) is 17.9 Å². The summed E-state index contributed by atoms with van der Waals surface area (Å²) in [6, 6.07) is 14.2. The summed E-state index contributed by atoms with van der Waals surface area (Å²) in [5, 5.41) is 11.6. The van der Waals surface area contributed by atoms with Crippen molar-refractivity contribution in [1.82, 2.24) is 5.32 Å². The molecule has 0 atom stereocenters. The maximum atomic E-state index is 11.6. The lowest BCUT2D eigenvalue weighted by molar-refractivity contribution is 0.0693. The third-order valence-electron chi connectivity index (χ3n) is 3.34. The van der Waals surface area contributed by atoms with Gasteiger partial charge in [-0.2, -0.15) is 0 Å². The molecule has 0 unspecified atom stereocenters. The van der Waals surface area contributed by atoms with Gasteiger partial charge in [0.15, 0.2) is 0 Å². The minimum absolute atomic E-state index is 0.0993. The molecule has 0 bridgehead atoms. The first-order valence-electron chi connectivity index (χ1n) is 7.62. The molecule has 2 N–H and O–H groups in total. The van der Waals surface area contributed by atoms with E-state index in [0.717, 1.165) is 11.1 Å². The van der Waals surface area contributed by atoms with Gasteiger partial charge in [0.2, 0.25) is 0 Å². The second-order valence-electron chi connectivity index (χ2n) is 5.11. The third kappa shape index (κ3) is 5.69. The van der Waals surface area contributed by atoms with Crippen LogP contribution in [0.3, 0.4) is 0 Å². The fourth-order valence-electron chi connectivity index (χ4n) is 2.10. The Morgan fingerprint density at radius 2 is 1.92 bits per heavy atom. The number of carbonyl (C=O) groups excluding carboxylic acids is 1. The van der Waals surface area contributed by atoms with E-state index in [4.69, 9.17) is 14.6 Å². The van der Waals surface area contributed by atoms with Crippen LogP contribution in [0, 0.1) is 0 Å². The molecule has 2 rings (SSSR count). The third-order valence-corrected chi connectivity index (χ3v) is 3.34. The number of carbonyl (C=O) groups is 2. The fourth-order valence-corrected chi connectivity index (χ4v) is 2.10. The first-order chi connectivity index (χ1) is 12.1. The van der Waals surface area contributed by atoms with E-state index < -0.39 is 12.1 Å². The van der Waals surface area contributed by atoms with Crippen LogP contribution in [0.2, 0.25) is 0 Å². The molecule has 0 aliphatic carbocycles. The maximum Gasteiger partial charge on any atom is 0.407 e. The summed E-state index contributed by atoms with van der Waals surface area (Å²) in [5.41, 5.74) is 1.78. The molecular formula is C19H19NO5. The average molecular weight is 341 g/mol. The Morgan fingerprint density at radius 3 is 2.60 bits per heavy atom. The number of alkyl carbamates (subject to hydrolysis) is 1. The zero-order valence-electron chi connectivity index (χ0n) is 13.8. The number of rotatable bonds is 7. The quantitative estimate of drug-likeness (QED) is 0.807. The van der Waals surface area contributed by atoms with E-state index >= 15 is 0 Å². The lowest BCUT2D eigenvalue weighted by Crippen LogP contribution is -2.24. The molecule has 25 heavy (non-hydrogen) atoms. The molecule has 0 aromatic heterocycles. The standard InChI is InChI=1S/C19H19NO5/c1-24-17-12-14(9-10-16(17)18(21)22)8-5-11-20-19(23)25-13-15-6-3-2-4-7-15/h2-10,12H,11,13H2,1H3,(H,20,23)(H,21,22). The molecule has 0 saturated heterocycles. The van der Waals surface area contributed by atoms with Crippen molar-refractivity contribution in [2.45, 2.75) is 6.61 Å². The first kappa shape index (κ1) is 18.1. The van der Waals surface area contributed by atoms with Gasteiger partial charge in [-0.15, -0.1) is 0 Å². The number of hydrogen-bond acceptors (Lipinski definition) is 4. The average Bonchev–Trinajstić information content (AvgIpc) is 2.64. The van der Waals surface area contributed by atoms with Gasteiger partial charge in [-0.1, -0.05) is 48.6 Å². The van der Waals surface area contributed by atoms with Gasteiger partial charge < -0.3 is 19.9 Å². The summed E-state index contributed by atoms with van der Waals surface area (Å²) >= 11 is 0. The lowest BCUT2D eigenvalue weighted by atomic mass is 10.1. The van der Waals surface area contributed by atoms with Gasteiger partial charge >= 0.3 is 12.1 Å². The normalized spacial score (nSPS) is 10.4. The summed E-state index contributed by atoms with van der Waals surface area (Å²) in [4.78, 5) is 22.6. The summed E-state index contributed by atoms with van der Waals surface area (Å²) in [7, 11) is 1.42. The van der Waals surface area contributed by atoms with E-state index in [1.807, 2.05) is 30.3 Å². The van der Waals surface area contributed by atoms with Gasteiger partial charge in [-0.05, 0) is 23.3 Å². The van der Waals surface area contributed by atoms with E-state index in [9.17, 15) is 9.59 Å². The van der Waals surface area contributed by atoms with Crippen LogP contribution in [-0.2, 0) is 11.3 Å². The SMILES string of the molecule is COc1cc(C=CCNC(=O)OCc2ccccc2)ccc1C(=O)O. The van der Waals surface area contributed by atoms with Crippen molar-refractivity contribution < 1.29 is 24.2 Å². The van der Waals surface area contributed by atoms with Crippen molar-refractivity contribution in [2.24, 2.45) is 0 Å². The molecule has 0 fully saturated rings. The second-order valence-corrected chi connectivity index (χ2v) is 5.11. The van der Waals surface area contributed by atoms with Crippen LogP contribution in [0.5, 0.6) is 5.75 Å². The number of nitrogens with one attached hydrogen (secondary N) is 1. The molecule has 6 nitrogen and oxygen atoms in total. The Labute approximate surface area is 145 Å². The molecule has 0 radical (unpaired) electrons. The number of carboxylic acids is 1. The molecule has 0 aliphatic heterocycles. The molecular weight excluding hydrogens is 322 g/mol. The summed E-state index contributed by atoms with van der Waals surface area (Å²) in [6.07, 6.45) is 2.98. The highest BCUT2D eigenvalue weighted by atomic mass is 16.5. The van der Waals surface area contributed by atoms with Crippen LogP contribution in [0.4, 0.5) is 4.79 Å². The van der Waals surface area contributed by atoms with E-state index in [0.29, 0.717) is 0 Å². The molecule has 2 aromatic rings. The van der Waals surface area contributed by atoms with E-state index in [1.54, 1.807) is 24.3 Å². The highest BCUT2D eigenvalue weighted by Crippen LogP contribution is 2.20. The predicted molar refractivity (Wildman–Crippen MR) is 93.6 cm³/mol. The minimum Gasteiger partial charge on any atom is -0.496 e. The van der Waals surface area contributed by atoms with Crippen molar-refractivity contribution in [1.29, 1.82) is 0 Å². The zero-order valence-corrected chi connectivity index (χ0v) is 13.8. The molecule has 1 amide bonds. The van der Waals surface area contributed by atoms with Gasteiger partial charge in [0, 0.05) is 6.54 Å². The highest BCUT2D eigenvalue weighted by molar-refractivity contribution is 5.91. The highest BCUT2D eigenvalue weighted by Gasteiger charge is 2.10. The maximum absolute atomic E-state index is 11.6. The minimum atomic E-state index is -1.05. The van der Waals surface area contributed by atoms with Crippen LogP contribution < -0.4 is 10.1 Å². The van der Waals surface area contributed by atoms with Gasteiger partial charge in [-0.3, -0.25) is 0 Å². The molecule has 6 heteroatoms. The van der Waals surface area contributed by atoms with Crippen molar-refractivity contribution in [3.05, 3.63) is 71.3 Å². The van der Waals surface area contributed by atoms with E-state index in [-0.39, 0.29) is 24.5 Å². The number of benzene rings is 2. The van der Waals surface area contributed by atoms with Crippen molar-refractivity contribution in [2.75, 3.05) is 13.7 Å². The van der Waals surface area contributed by atoms with Crippen LogP contribution in [0.15, 0.2) is 54.6 Å². The molecule has 0 spiro atoms. The smallest absolute Gasteiger partial charge is 0.407 e. The number of aromatic carboxylic acids is 1. The van der Waals surface area contributed by atoms with Gasteiger partial charge in [0.05, 0.1) is 7.11 Å². The number of carboxylic acid groups (broad SMARTS) is 1. The number of methoxy groups -OCH3 is 1. The van der Waals surface area contributed by atoms with Crippen LogP contribution >= 0.6 is 0 Å². The van der Waals surface area contributed by atoms with Crippen molar-refractivity contribution >= 4 is 18.1 Å². The first-order valence-corrected chi connectivity index (χ1v) is 7.62. The van der Waals surface area contributed by atoms with E-state index in [1.165, 1.54) is 13.2 Å². The molecule has 0 saturated carbocycles. The molecule has 0 heterocycles. The summed E-state index contributed by atoms with van der Waals surface area (Å²) in [6.45, 7) is 0.501. The Hall–Kier alpha value is -3.28. The number of ether oxygens (including phenoxy) is 2. The monoisotopic (exact) mass is 341 g/mol.